The molecule has 0 saturated heterocycles. The second-order valence-corrected chi connectivity index (χ2v) is 6.87. The van der Waals surface area contributed by atoms with Crippen LogP contribution in [-0.4, -0.2) is 54.2 Å². The lowest BCUT2D eigenvalue weighted by molar-refractivity contribution is -0.135. The summed E-state index contributed by atoms with van der Waals surface area (Å²) in [7, 11) is 1.88. The first-order valence-electron chi connectivity index (χ1n) is 9.55. The second-order valence-electron chi connectivity index (χ2n) is 6.87. The molecule has 0 aromatic heterocycles. The Hall–Kier alpha value is -3.19. The Bertz CT molecular complexity index is 822. The lowest BCUT2D eigenvalue weighted by Crippen LogP contribution is -2.42. The average molecular weight is 396 g/mol. The lowest BCUT2D eigenvalue weighted by atomic mass is 10.2. The normalized spacial score (nSPS) is 10.5. The van der Waals surface area contributed by atoms with E-state index in [0.29, 0.717) is 24.5 Å². The van der Waals surface area contributed by atoms with E-state index < -0.39 is 0 Å². The summed E-state index contributed by atoms with van der Waals surface area (Å²) in [5.74, 6) is -0.517. The summed E-state index contributed by atoms with van der Waals surface area (Å²) in [6.07, 6.45) is 0. The van der Waals surface area contributed by atoms with E-state index in [1.54, 1.807) is 24.3 Å². The van der Waals surface area contributed by atoms with Gasteiger partial charge >= 0.3 is 0 Å². The van der Waals surface area contributed by atoms with Crippen LogP contribution in [0.2, 0.25) is 0 Å². The Morgan fingerprint density at radius 1 is 0.862 bits per heavy atom. The largest absolute Gasteiger partial charge is 0.333 e. The van der Waals surface area contributed by atoms with E-state index in [1.165, 1.54) is 11.8 Å². The van der Waals surface area contributed by atoms with Gasteiger partial charge in [-0.1, -0.05) is 30.3 Å². The molecule has 0 unspecified atom stereocenters. The fourth-order valence-electron chi connectivity index (χ4n) is 2.87. The number of hydrogen-bond acceptors (Lipinski definition) is 4. The van der Waals surface area contributed by atoms with Crippen molar-refractivity contribution in [1.82, 2.24) is 9.80 Å². The zero-order chi connectivity index (χ0) is 21.2. The molecule has 2 rings (SSSR count). The molecule has 7 nitrogen and oxygen atoms in total. The predicted molar refractivity (Wildman–Crippen MR) is 114 cm³/mol. The Morgan fingerprint density at radius 2 is 1.45 bits per heavy atom. The van der Waals surface area contributed by atoms with Gasteiger partial charge in [-0.05, 0) is 43.8 Å². The highest BCUT2D eigenvalue weighted by atomic mass is 16.2. The van der Waals surface area contributed by atoms with Crippen LogP contribution in [0.4, 0.5) is 11.4 Å². The van der Waals surface area contributed by atoms with Gasteiger partial charge < -0.3 is 15.5 Å². The number of hydrogen-bond donors (Lipinski definition) is 2. The van der Waals surface area contributed by atoms with Crippen LogP contribution < -0.4 is 10.6 Å². The molecule has 0 saturated carbocycles. The van der Waals surface area contributed by atoms with Gasteiger partial charge in [-0.2, -0.15) is 0 Å². The molecule has 154 valence electrons. The van der Waals surface area contributed by atoms with Gasteiger partial charge in [0.2, 0.25) is 17.7 Å². The van der Waals surface area contributed by atoms with Crippen LogP contribution in [0.1, 0.15) is 19.4 Å². The van der Waals surface area contributed by atoms with Crippen molar-refractivity contribution < 1.29 is 14.4 Å². The molecule has 0 atom stereocenters. The number of nitrogens with zero attached hydrogens (tertiary/aromatic N) is 2. The maximum absolute atomic E-state index is 12.6. The summed E-state index contributed by atoms with van der Waals surface area (Å²) in [6.45, 7) is 4.63. The van der Waals surface area contributed by atoms with E-state index in [2.05, 4.69) is 10.6 Å². The van der Waals surface area contributed by atoms with Crippen molar-refractivity contribution in [1.29, 1.82) is 0 Å². The second kappa shape index (κ2) is 11.0. The Labute approximate surface area is 171 Å². The summed E-state index contributed by atoms with van der Waals surface area (Å²) < 4.78 is 0. The average Bonchev–Trinajstić information content (AvgIpc) is 2.67. The van der Waals surface area contributed by atoms with Crippen LogP contribution in [0.25, 0.3) is 0 Å². The van der Waals surface area contributed by atoms with Crippen molar-refractivity contribution in [3.05, 3.63) is 60.2 Å². The molecule has 0 radical (unpaired) electrons. The summed E-state index contributed by atoms with van der Waals surface area (Å²) in [4.78, 5) is 39.4. The monoisotopic (exact) mass is 396 g/mol. The highest BCUT2D eigenvalue weighted by Gasteiger charge is 2.17. The smallest absolute Gasteiger partial charge is 0.243 e. The Balaban J connectivity index is 1.84. The number of benzene rings is 2. The van der Waals surface area contributed by atoms with Gasteiger partial charge in [-0.25, -0.2) is 0 Å². The van der Waals surface area contributed by atoms with Gasteiger partial charge in [0.15, 0.2) is 0 Å². The third kappa shape index (κ3) is 7.75. The first kappa shape index (κ1) is 22.1. The van der Waals surface area contributed by atoms with Gasteiger partial charge in [0.1, 0.15) is 0 Å². The van der Waals surface area contributed by atoms with Crippen molar-refractivity contribution in [2.24, 2.45) is 0 Å². The summed E-state index contributed by atoms with van der Waals surface area (Å²) in [6, 6.07) is 16.7. The molecule has 0 spiro atoms. The van der Waals surface area contributed by atoms with E-state index in [4.69, 9.17) is 0 Å². The maximum atomic E-state index is 12.6. The van der Waals surface area contributed by atoms with E-state index >= 15 is 0 Å². The molecule has 0 aliphatic carbocycles. The van der Waals surface area contributed by atoms with Crippen molar-refractivity contribution >= 4 is 29.1 Å². The third-order valence-corrected chi connectivity index (χ3v) is 4.26. The molecule has 0 aliphatic heterocycles. The highest BCUT2D eigenvalue weighted by molar-refractivity contribution is 5.95. The lowest BCUT2D eigenvalue weighted by Gasteiger charge is -2.24. The molecule has 7 heteroatoms. The molecule has 0 aliphatic rings. The number of rotatable bonds is 9. The molecule has 2 aromatic carbocycles. The molecular weight excluding hydrogens is 368 g/mol. The number of anilines is 2. The quantitative estimate of drug-likeness (QED) is 0.683. The van der Waals surface area contributed by atoms with Gasteiger partial charge in [-0.3, -0.25) is 19.3 Å². The highest BCUT2D eigenvalue weighted by Crippen LogP contribution is 2.13. The predicted octanol–water partition coefficient (Wildman–Crippen LogP) is 2.56. The molecule has 0 bridgehead atoms. The summed E-state index contributed by atoms with van der Waals surface area (Å²) in [5, 5.41) is 5.44. The van der Waals surface area contributed by atoms with Gasteiger partial charge in [0.25, 0.3) is 0 Å². The first-order valence-corrected chi connectivity index (χ1v) is 9.55. The number of carbonyl (C=O) groups excluding carboxylic acids is 3. The van der Waals surface area contributed by atoms with Crippen molar-refractivity contribution in [3.8, 4) is 0 Å². The van der Waals surface area contributed by atoms with Crippen LogP contribution in [0, 0.1) is 0 Å². The number of likely N-dealkylation sites (N-methyl/N-ethyl adjacent to an activating group) is 2. The van der Waals surface area contributed by atoms with Crippen molar-refractivity contribution in [2.45, 2.75) is 20.4 Å². The number of amides is 3. The third-order valence-electron chi connectivity index (χ3n) is 4.26. The van der Waals surface area contributed by atoms with Crippen LogP contribution in [-0.2, 0) is 20.9 Å². The van der Waals surface area contributed by atoms with Crippen LogP contribution in [0.5, 0.6) is 0 Å². The van der Waals surface area contributed by atoms with Crippen LogP contribution in [0.15, 0.2) is 54.6 Å². The van der Waals surface area contributed by atoms with Crippen LogP contribution >= 0.6 is 0 Å². The fourth-order valence-corrected chi connectivity index (χ4v) is 2.87. The topological polar surface area (TPSA) is 81.8 Å². The molecular formula is C22H28N4O3. The van der Waals surface area contributed by atoms with Crippen molar-refractivity contribution in [3.63, 3.8) is 0 Å². The SMILES string of the molecule is CCN(CC(=O)Nc1ccc(NC(C)=O)cc1)C(=O)CN(C)Cc1ccccc1. The standard InChI is InChI=1S/C22H28N4O3/c1-4-26(22(29)16-25(3)14-18-8-6-5-7-9-18)15-21(28)24-20-12-10-19(11-13-20)23-17(2)27/h5-13H,4,14-16H2,1-3H3,(H,23,27)(H,24,28). The number of carbonyl (C=O) groups is 3. The zero-order valence-electron chi connectivity index (χ0n) is 17.1. The van der Waals surface area contributed by atoms with Gasteiger partial charge in [-0.15, -0.1) is 0 Å². The van der Waals surface area contributed by atoms with Crippen molar-refractivity contribution in [2.75, 3.05) is 37.3 Å². The maximum Gasteiger partial charge on any atom is 0.243 e. The molecule has 0 heterocycles. The minimum absolute atomic E-state index is 0.0119. The minimum Gasteiger partial charge on any atom is -0.333 e. The van der Waals surface area contributed by atoms with Crippen LogP contribution in [0.3, 0.4) is 0 Å². The van der Waals surface area contributed by atoms with Gasteiger partial charge in [0, 0.05) is 31.4 Å². The summed E-state index contributed by atoms with van der Waals surface area (Å²) in [5.41, 5.74) is 2.39. The molecule has 3 amide bonds. The number of nitrogens with one attached hydrogen (secondary N) is 2. The van der Waals surface area contributed by atoms with E-state index in [0.717, 1.165) is 5.56 Å². The zero-order valence-corrected chi connectivity index (χ0v) is 17.1. The Morgan fingerprint density at radius 3 is 2.00 bits per heavy atom. The molecule has 2 aromatic rings. The minimum atomic E-state index is -0.266. The molecule has 2 N–H and O–H groups in total. The fraction of sp³-hybridized carbons (Fsp3) is 0.318. The summed E-state index contributed by atoms with van der Waals surface area (Å²) >= 11 is 0. The first-order chi connectivity index (χ1) is 13.9. The Kier molecular flexibility index (Phi) is 8.36. The molecule has 0 fully saturated rings. The molecule has 29 heavy (non-hydrogen) atoms. The van der Waals surface area contributed by atoms with E-state index in [9.17, 15) is 14.4 Å². The van der Waals surface area contributed by atoms with E-state index in [-0.39, 0.29) is 30.8 Å². The van der Waals surface area contributed by atoms with E-state index in [1.807, 2.05) is 49.2 Å². The van der Waals surface area contributed by atoms with Gasteiger partial charge in [0.05, 0.1) is 13.1 Å².